The molecule has 0 spiro atoms. The van der Waals surface area contributed by atoms with Crippen LogP contribution in [0.15, 0.2) is 47.0 Å². The van der Waals surface area contributed by atoms with E-state index in [0.717, 1.165) is 11.1 Å². The fourth-order valence-corrected chi connectivity index (χ4v) is 2.92. The molecule has 1 N–H and O–H groups in total. The molecule has 1 aromatic heterocycles. The minimum Gasteiger partial charge on any atom is -0.493 e. The molecule has 0 radical (unpaired) electrons. The smallest absolute Gasteiger partial charge is 0.258 e. The number of hydrogen-bond donors (Lipinski definition) is 1. The monoisotopic (exact) mass is 425 g/mol. The van der Waals surface area contributed by atoms with Crippen LogP contribution in [0.5, 0.6) is 17.2 Å². The quantitative estimate of drug-likeness (QED) is 0.550. The molecule has 0 fully saturated rings. The summed E-state index contributed by atoms with van der Waals surface area (Å²) in [6.07, 6.45) is 0. The number of benzene rings is 2. The molecule has 31 heavy (non-hydrogen) atoms. The molecule has 1 unspecified atom stereocenters. The first-order valence-electron chi connectivity index (χ1n) is 9.99. The number of carbonyl (C=O) groups excluding carboxylic acids is 1. The van der Waals surface area contributed by atoms with E-state index < -0.39 is 0 Å². The van der Waals surface area contributed by atoms with Gasteiger partial charge in [0.25, 0.3) is 11.8 Å². The summed E-state index contributed by atoms with van der Waals surface area (Å²) < 4.78 is 21.4. The minimum atomic E-state index is -0.232. The van der Waals surface area contributed by atoms with Crippen LogP contribution in [0, 0.1) is 0 Å². The fraction of sp³-hybridized carbons (Fsp3) is 0.348. The predicted octanol–water partition coefficient (Wildman–Crippen LogP) is 4.13. The average Bonchev–Trinajstić information content (AvgIpc) is 3.28. The third-order valence-electron chi connectivity index (χ3n) is 4.71. The molecule has 164 valence electrons. The number of methoxy groups -OCH3 is 2. The Morgan fingerprint density at radius 3 is 2.35 bits per heavy atom. The van der Waals surface area contributed by atoms with Crippen LogP contribution in [0.3, 0.4) is 0 Å². The lowest BCUT2D eigenvalue weighted by atomic mass is 10.1. The van der Waals surface area contributed by atoms with Gasteiger partial charge in [-0.25, -0.2) is 0 Å². The number of nitrogens with one attached hydrogen (secondary N) is 1. The van der Waals surface area contributed by atoms with Crippen LogP contribution in [-0.2, 0) is 4.79 Å². The topological polar surface area (TPSA) is 95.7 Å². The summed E-state index contributed by atoms with van der Waals surface area (Å²) in [4.78, 5) is 16.7. The Hall–Kier alpha value is -3.55. The maximum atomic E-state index is 12.3. The van der Waals surface area contributed by atoms with E-state index in [1.165, 1.54) is 0 Å². The number of rotatable bonds is 9. The van der Waals surface area contributed by atoms with Crippen molar-refractivity contribution in [2.24, 2.45) is 0 Å². The van der Waals surface area contributed by atoms with Crippen molar-refractivity contribution in [2.45, 2.75) is 32.7 Å². The van der Waals surface area contributed by atoms with Crippen molar-refractivity contribution in [1.29, 1.82) is 0 Å². The van der Waals surface area contributed by atoms with E-state index in [2.05, 4.69) is 15.5 Å². The van der Waals surface area contributed by atoms with E-state index in [1.807, 2.05) is 51.1 Å². The lowest BCUT2D eigenvalue weighted by molar-refractivity contribution is -0.123. The van der Waals surface area contributed by atoms with Gasteiger partial charge in [0.15, 0.2) is 23.9 Å². The average molecular weight is 425 g/mol. The second kappa shape index (κ2) is 9.97. The number of nitrogens with zero attached hydrogens (tertiary/aromatic N) is 2. The van der Waals surface area contributed by atoms with Gasteiger partial charge in [-0.1, -0.05) is 25.1 Å². The number of amides is 1. The van der Waals surface area contributed by atoms with Crippen molar-refractivity contribution < 1.29 is 23.5 Å². The molecular weight excluding hydrogens is 398 g/mol. The highest BCUT2D eigenvalue weighted by atomic mass is 16.5. The fourth-order valence-electron chi connectivity index (χ4n) is 2.92. The highest BCUT2D eigenvalue weighted by molar-refractivity contribution is 5.78. The first-order valence-corrected chi connectivity index (χ1v) is 9.99. The van der Waals surface area contributed by atoms with Crippen LogP contribution in [0.25, 0.3) is 11.5 Å². The molecule has 0 aliphatic rings. The summed E-state index contributed by atoms with van der Waals surface area (Å²) in [6.45, 7) is 5.80. The van der Waals surface area contributed by atoms with Crippen LogP contribution in [0.1, 0.15) is 44.1 Å². The summed E-state index contributed by atoms with van der Waals surface area (Å²) in [7, 11) is 3.16. The third kappa shape index (κ3) is 5.53. The molecule has 3 aromatic rings. The molecule has 1 amide bonds. The summed E-state index contributed by atoms with van der Waals surface area (Å²) >= 11 is 0. The first-order chi connectivity index (χ1) is 14.9. The van der Waals surface area contributed by atoms with Crippen molar-refractivity contribution in [2.75, 3.05) is 20.8 Å². The Morgan fingerprint density at radius 2 is 1.74 bits per heavy atom. The van der Waals surface area contributed by atoms with Gasteiger partial charge in [0.05, 0.1) is 20.3 Å². The molecule has 0 aliphatic heterocycles. The lowest BCUT2D eigenvalue weighted by Gasteiger charge is -2.17. The maximum absolute atomic E-state index is 12.3. The van der Waals surface area contributed by atoms with Gasteiger partial charge in [-0.2, -0.15) is 4.98 Å². The number of aromatic nitrogens is 2. The zero-order valence-corrected chi connectivity index (χ0v) is 18.3. The van der Waals surface area contributed by atoms with Crippen molar-refractivity contribution in [3.63, 3.8) is 0 Å². The third-order valence-corrected chi connectivity index (χ3v) is 4.71. The van der Waals surface area contributed by atoms with Crippen molar-refractivity contribution >= 4 is 5.91 Å². The van der Waals surface area contributed by atoms with Gasteiger partial charge in [-0.05, 0) is 48.9 Å². The van der Waals surface area contributed by atoms with Crippen LogP contribution in [0.4, 0.5) is 0 Å². The second-order valence-electron chi connectivity index (χ2n) is 7.33. The van der Waals surface area contributed by atoms with Gasteiger partial charge in [0.2, 0.25) is 0 Å². The van der Waals surface area contributed by atoms with Gasteiger partial charge in [-0.15, -0.1) is 0 Å². The highest BCUT2D eigenvalue weighted by Gasteiger charge is 2.14. The van der Waals surface area contributed by atoms with Gasteiger partial charge in [-0.3, -0.25) is 4.79 Å². The zero-order valence-electron chi connectivity index (χ0n) is 18.3. The summed E-state index contributed by atoms with van der Waals surface area (Å²) in [6, 6.07) is 12.5. The molecular formula is C23H27N3O5. The minimum absolute atomic E-state index is 0.102. The van der Waals surface area contributed by atoms with E-state index in [9.17, 15) is 4.79 Å². The molecule has 1 atom stereocenters. The molecule has 0 saturated carbocycles. The zero-order chi connectivity index (χ0) is 22.4. The molecule has 8 nitrogen and oxygen atoms in total. The van der Waals surface area contributed by atoms with Crippen molar-refractivity contribution in [1.82, 2.24) is 15.5 Å². The Balaban J connectivity index is 1.54. The molecule has 1 heterocycles. The second-order valence-corrected chi connectivity index (χ2v) is 7.33. The normalized spacial score (nSPS) is 11.8. The van der Waals surface area contributed by atoms with Crippen molar-refractivity contribution in [3.8, 4) is 28.7 Å². The molecule has 0 saturated heterocycles. The van der Waals surface area contributed by atoms with Crippen molar-refractivity contribution in [3.05, 3.63) is 53.9 Å². The standard InChI is InChI=1S/C23H27N3O5/c1-14(2)22-25-23(31-26-22)16-6-9-18(10-7-16)30-13-21(27)24-15(3)17-8-11-19(28-4)20(12-17)29-5/h6-12,14-15H,13H2,1-5H3,(H,24,27). The molecule has 3 rings (SSSR count). The summed E-state index contributed by atoms with van der Waals surface area (Å²) in [5.74, 6) is 2.90. The first kappa shape index (κ1) is 22.1. The Kier molecular flexibility index (Phi) is 7.12. The Labute approximate surface area is 181 Å². The van der Waals surface area contributed by atoms with E-state index in [1.54, 1.807) is 26.4 Å². The Morgan fingerprint density at radius 1 is 1.03 bits per heavy atom. The predicted molar refractivity (Wildman–Crippen MR) is 115 cm³/mol. The van der Waals surface area contributed by atoms with Gasteiger partial charge in [0, 0.05) is 11.5 Å². The molecule has 0 aliphatic carbocycles. The maximum Gasteiger partial charge on any atom is 0.258 e. The SMILES string of the molecule is COc1ccc(C(C)NC(=O)COc2ccc(-c3nc(C(C)C)no3)cc2)cc1OC. The van der Waals surface area contributed by atoms with Gasteiger partial charge >= 0.3 is 0 Å². The number of hydrogen-bond acceptors (Lipinski definition) is 7. The van der Waals surface area contributed by atoms with Crippen LogP contribution in [-0.4, -0.2) is 36.9 Å². The molecule has 8 heteroatoms. The van der Waals surface area contributed by atoms with E-state index in [4.69, 9.17) is 18.7 Å². The number of ether oxygens (including phenoxy) is 3. The van der Waals surface area contributed by atoms with Gasteiger partial charge < -0.3 is 24.1 Å². The lowest BCUT2D eigenvalue weighted by Crippen LogP contribution is -2.31. The Bertz CT molecular complexity index is 1010. The van der Waals surface area contributed by atoms with E-state index in [-0.39, 0.29) is 24.5 Å². The van der Waals surface area contributed by atoms with Crippen LogP contribution >= 0.6 is 0 Å². The molecule has 0 bridgehead atoms. The summed E-state index contributed by atoms with van der Waals surface area (Å²) in [5, 5.41) is 6.87. The number of carbonyl (C=O) groups is 1. The molecule has 2 aromatic carbocycles. The van der Waals surface area contributed by atoms with E-state index in [0.29, 0.717) is 29.0 Å². The van der Waals surface area contributed by atoms with Gasteiger partial charge in [0.1, 0.15) is 5.75 Å². The van der Waals surface area contributed by atoms with E-state index >= 15 is 0 Å². The van der Waals surface area contributed by atoms with Crippen LogP contribution in [0.2, 0.25) is 0 Å². The van der Waals surface area contributed by atoms with Crippen LogP contribution < -0.4 is 19.5 Å². The summed E-state index contributed by atoms with van der Waals surface area (Å²) in [5.41, 5.74) is 1.69. The largest absolute Gasteiger partial charge is 0.493 e. The highest BCUT2D eigenvalue weighted by Crippen LogP contribution is 2.30.